The number of carbonyl (C=O) groups excluding carboxylic acids is 1. The summed E-state index contributed by atoms with van der Waals surface area (Å²) in [7, 11) is 0. The number of ether oxygens (including phenoxy) is 1. The van der Waals surface area contributed by atoms with Gasteiger partial charge in [-0.25, -0.2) is 0 Å². The minimum Gasteiger partial charge on any atom is -0.492 e. The molecule has 112 valence electrons. The number of furan rings is 1. The lowest BCUT2D eigenvalue weighted by Crippen LogP contribution is -2.33. The van der Waals surface area contributed by atoms with Crippen LogP contribution in [0.1, 0.15) is 29.8 Å². The number of hydrogen-bond acceptors (Lipinski definition) is 4. The lowest BCUT2D eigenvalue weighted by Gasteiger charge is -2.26. The smallest absolute Gasteiger partial charge is 0.284 e. The standard InChI is InChI=1S/C16H20N2O3/c17-16(19)15-10-12-4-5-13(11-14(12)21-15)20-9-8-18-6-2-1-3-7-18/h4-5,10-11H,1-3,6-9H2,(H2,17,19). The molecular formula is C16H20N2O3. The SMILES string of the molecule is NC(=O)c1cc2ccc(OCCN3CCCCC3)cc2o1. The van der Waals surface area contributed by atoms with Crippen molar-refractivity contribution in [1.82, 2.24) is 4.90 Å². The van der Waals surface area contributed by atoms with Crippen molar-refractivity contribution in [2.45, 2.75) is 19.3 Å². The number of nitrogens with two attached hydrogens (primary N) is 1. The lowest BCUT2D eigenvalue weighted by molar-refractivity contribution is 0.0976. The Morgan fingerprint density at radius 3 is 2.81 bits per heavy atom. The second-order valence-electron chi connectivity index (χ2n) is 5.43. The summed E-state index contributed by atoms with van der Waals surface area (Å²) in [6, 6.07) is 7.22. The van der Waals surface area contributed by atoms with E-state index in [4.69, 9.17) is 14.9 Å². The van der Waals surface area contributed by atoms with Crippen LogP contribution in [0, 0.1) is 0 Å². The first-order valence-electron chi connectivity index (χ1n) is 7.41. The summed E-state index contributed by atoms with van der Waals surface area (Å²) in [6.45, 7) is 3.95. The summed E-state index contributed by atoms with van der Waals surface area (Å²) in [5.74, 6) is 0.374. The molecule has 0 bridgehead atoms. The zero-order valence-electron chi connectivity index (χ0n) is 12.0. The molecule has 21 heavy (non-hydrogen) atoms. The van der Waals surface area contributed by atoms with Crippen molar-refractivity contribution in [3.8, 4) is 5.75 Å². The van der Waals surface area contributed by atoms with E-state index in [1.807, 2.05) is 12.1 Å². The molecule has 0 aliphatic carbocycles. The number of rotatable bonds is 5. The number of amides is 1. The van der Waals surface area contributed by atoms with Gasteiger partial charge in [0.05, 0.1) is 0 Å². The van der Waals surface area contributed by atoms with E-state index < -0.39 is 5.91 Å². The fraction of sp³-hybridized carbons (Fsp3) is 0.438. The molecule has 0 atom stereocenters. The van der Waals surface area contributed by atoms with E-state index in [0.29, 0.717) is 12.2 Å². The monoisotopic (exact) mass is 288 g/mol. The molecule has 0 saturated carbocycles. The van der Waals surface area contributed by atoms with Gasteiger partial charge in [-0.2, -0.15) is 0 Å². The van der Waals surface area contributed by atoms with Gasteiger partial charge in [0.15, 0.2) is 5.76 Å². The number of primary amides is 1. The molecular weight excluding hydrogens is 268 g/mol. The van der Waals surface area contributed by atoms with E-state index >= 15 is 0 Å². The Hall–Kier alpha value is -2.01. The molecule has 2 heterocycles. The largest absolute Gasteiger partial charge is 0.492 e. The van der Waals surface area contributed by atoms with E-state index in [2.05, 4.69) is 4.90 Å². The van der Waals surface area contributed by atoms with Crippen molar-refractivity contribution in [3.63, 3.8) is 0 Å². The van der Waals surface area contributed by atoms with E-state index in [9.17, 15) is 4.79 Å². The number of nitrogens with zero attached hydrogens (tertiary/aromatic N) is 1. The van der Waals surface area contributed by atoms with Crippen molar-refractivity contribution in [2.75, 3.05) is 26.2 Å². The highest BCUT2D eigenvalue weighted by molar-refractivity contribution is 5.95. The third kappa shape index (κ3) is 3.36. The van der Waals surface area contributed by atoms with Gasteiger partial charge in [-0.3, -0.25) is 9.69 Å². The van der Waals surface area contributed by atoms with Gasteiger partial charge in [-0.05, 0) is 44.1 Å². The van der Waals surface area contributed by atoms with Crippen LogP contribution in [-0.2, 0) is 0 Å². The Morgan fingerprint density at radius 1 is 1.24 bits per heavy atom. The van der Waals surface area contributed by atoms with Crippen LogP contribution in [0.5, 0.6) is 5.75 Å². The van der Waals surface area contributed by atoms with Crippen LogP contribution in [0.4, 0.5) is 0 Å². The third-order valence-corrected chi connectivity index (χ3v) is 3.86. The van der Waals surface area contributed by atoms with Gasteiger partial charge in [0.1, 0.15) is 17.9 Å². The van der Waals surface area contributed by atoms with Gasteiger partial charge in [-0.1, -0.05) is 6.42 Å². The predicted molar refractivity (Wildman–Crippen MR) is 80.5 cm³/mol. The molecule has 1 aromatic heterocycles. The minimum atomic E-state index is -0.557. The average Bonchev–Trinajstić information content (AvgIpc) is 2.92. The van der Waals surface area contributed by atoms with Gasteiger partial charge in [0.2, 0.25) is 0 Å². The molecule has 1 amide bonds. The highest BCUT2D eigenvalue weighted by Crippen LogP contribution is 2.24. The van der Waals surface area contributed by atoms with Gasteiger partial charge < -0.3 is 14.9 Å². The second-order valence-corrected chi connectivity index (χ2v) is 5.43. The Labute approximate surface area is 123 Å². The average molecular weight is 288 g/mol. The molecule has 1 saturated heterocycles. The summed E-state index contributed by atoms with van der Waals surface area (Å²) in [5.41, 5.74) is 5.83. The zero-order valence-corrected chi connectivity index (χ0v) is 12.0. The second kappa shape index (κ2) is 6.18. The summed E-state index contributed by atoms with van der Waals surface area (Å²) >= 11 is 0. The van der Waals surface area contributed by atoms with Gasteiger partial charge in [0, 0.05) is 18.0 Å². The maximum atomic E-state index is 11.1. The number of fused-ring (bicyclic) bond motifs is 1. The van der Waals surface area contributed by atoms with E-state index in [0.717, 1.165) is 17.7 Å². The van der Waals surface area contributed by atoms with Crippen LogP contribution in [0.3, 0.4) is 0 Å². The van der Waals surface area contributed by atoms with Crippen molar-refractivity contribution < 1.29 is 13.9 Å². The van der Waals surface area contributed by atoms with Crippen LogP contribution in [-0.4, -0.2) is 37.0 Å². The summed E-state index contributed by atoms with van der Waals surface area (Å²) < 4.78 is 11.2. The Bertz CT molecular complexity index is 629. The molecule has 3 rings (SSSR count). The maximum Gasteiger partial charge on any atom is 0.284 e. The van der Waals surface area contributed by atoms with Crippen molar-refractivity contribution in [2.24, 2.45) is 5.73 Å². The van der Waals surface area contributed by atoms with Crippen molar-refractivity contribution in [1.29, 1.82) is 0 Å². The van der Waals surface area contributed by atoms with Crippen LogP contribution >= 0.6 is 0 Å². The van der Waals surface area contributed by atoms with Gasteiger partial charge in [-0.15, -0.1) is 0 Å². The Morgan fingerprint density at radius 2 is 2.05 bits per heavy atom. The molecule has 2 N–H and O–H groups in total. The van der Waals surface area contributed by atoms with Crippen molar-refractivity contribution >= 4 is 16.9 Å². The number of benzene rings is 1. The lowest BCUT2D eigenvalue weighted by atomic mass is 10.1. The normalized spacial score (nSPS) is 16.2. The quantitative estimate of drug-likeness (QED) is 0.917. The molecule has 5 heteroatoms. The van der Waals surface area contributed by atoms with E-state index in [1.54, 1.807) is 12.1 Å². The Balaban J connectivity index is 1.60. The molecule has 1 aliphatic rings. The van der Waals surface area contributed by atoms with E-state index in [1.165, 1.54) is 32.4 Å². The minimum absolute atomic E-state index is 0.176. The molecule has 1 fully saturated rings. The van der Waals surface area contributed by atoms with E-state index in [-0.39, 0.29) is 5.76 Å². The predicted octanol–water partition coefficient (Wildman–Crippen LogP) is 2.40. The topological polar surface area (TPSA) is 68.7 Å². The number of hydrogen-bond donors (Lipinski definition) is 1. The molecule has 0 unspecified atom stereocenters. The third-order valence-electron chi connectivity index (χ3n) is 3.86. The molecule has 0 radical (unpaired) electrons. The number of piperidine rings is 1. The maximum absolute atomic E-state index is 11.1. The number of carbonyl (C=O) groups is 1. The van der Waals surface area contributed by atoms with Crippen LogP contribution in [0.25, 0.3) is 11.0 Å². The number of likely N-dealkylation sites (tertiary alicyclic amines) is 1. The highest BCUT2D eigenvalue weighted by atomic mass is 16.5. The zero-order chi connectivity index (χ0) is 14.7. The molecule has 1 aromatic carbocycles. The first-order valence-corrected chi connectivity index (χ1v) is 7.41. The summed E-state index contributed by atoms with van der Waals surface area (Å²) in [6.07, 6.45) is 3.91. The van der Waals surface area contributed by atoms with Crippen LogP contribution in [0.2, 0.25) is 0 Å². The van der Waals surface area contributed by atoms with Crippen molar-refractivity contribution in [3.05, 3.63) is 30.0 Å². The van der Waals surface area contributed by atoms with Gasteiger partial charge in [0.25, 0.3) is 5.91 Å². The van der Waals surface area contributed by atoms with Gasteiger partial charge >= 0.3 is 0 Å². The first kappa shape index (κ1) is 13.9. The Kier molecular flexibility index (Phi) is 4.10. The van der Waals surface area contributed by atoms with Crippen LogP contribution < -0.4 is 10.5 Å². The summed E-state index contributed by atoms with van der Waals surface area (Å²) in [4.78, 5) is 13.5. The van der Waals surface area contributed by atoms with Crippen LogP contribution in [0.15, 0.2) is 28.7 Å². The molecule has 0 spiro atoms. The molecule has 1 aliphatic heterocycles. The molecule has 2 aromatic rings. The fourth-order valence-electron chi connectivity index (χ4n) is 2.70. The summed E-state index contributed by atoms with van der Waals surface area (Å²) in [5, 5.41) is 0.854. The highest BCUT2D eigenvalue weighted by Gasteiger charge is 2.11. The fourth-order valence-corrected chi connectivity index (χ4v) is 2.70. The molecule has 5 nitrogen and oxygen atoms in total. The first-order chi connectivity index (χ1) is 10.2.